The largest absolute Gasteiger partial charge is 0.490 e. The molecule has 1 aromatic carbocycles. The summed E-state index contributed by atoms with van der Waals surface area (Å²) in [6.07, 6.45) is 0.955. The summed E-state index contributed by atoms with van der Waals surface area (Å²) in [5, 5.41) is 0. The summed E-state index contributed by atoms with van der Waals surface area (Å²) >= 11 is 0. The lowest BCUT2D eigenvalue weighted by Crippen LogP contribution is -2.23. The van der Waals surface area contributed by atoms with Crippen molar-refractivity contribution in [3.05, 3.63) is 51.9 Å². The van der Waals surface area contributed by atoms with Gasteiger partial charge in [0.15, 0.2) is 6.10 Å². The summed E-state index contributed by atoms with van der Waals surface area (Å²) in [5.74, 6) is 0.824. The van der Waals surface area contributed by atoms with Gasteiger partial charge >= 0.3 is 0 Å². The molecule has 2 aromatic rings. The van der Waals surface area contributed by atoms with Gasteiger partial charge in [0.2, 0.25) is 0 Å². The monoisotopic (exact) mass is 328 g/mol. The van der Waals surface area contributed by atoms with Gasteiger partial charge in [0.25, 0.3) is 11.6 Å². The number of rotatable bonds is 5. The van der Waals surface area contributed by atoms with Crippen molar-refractivity contribution in [2.45, 2.75) is 52.2 Å². The van der Waals surface area contributed by atoms with Gasteiger partial charge in [-0.2, -0.15) is 4.98 Å². The average molecular weight is 328 g/mol. The van der Waals surface area contributed by atoms with Crippen LogP contribution in [0.3, 0.4) is 0 Å². The average Bonchev–Trinajstić information content (AvgIpc) is 2.96. The summed E-state index contributed by atoms with van der Waals surface area (Å²) in [4.78, 5) is 15.3. The summed E-state index contributed by atoms with van der Waals surface area (Å²) in [7, 11) is 0. The van der Waals surface area contributed by atoms with Gasteiger partial charge in [-0.3, -0.25) is 9.36 Å². The van der Waals surface area contributed by atoms with E-state index in [0.29, 0.717) is 19.2 Å². The quantitative estimate of drug-likeness (QED) is 0.846. The molecule has 24 heavy (non-hydrogen) atoms. The fourth-order valence-electron chi connectivity index (χ4n) is 2.78. The van der Waals surface area contributed by atoms with Crippen molar-refractivity contribution in [3.8, 4) is 11.8 Å². The van der Waals surface area contributed by atoms with Crippen LogP contribution in [0.1, 0.15) is 38.4 Å². The molecule has 1 aromatic heterocycles. The second kappa shape index (κ2) is 6.30. The van der Waals surface area contributed by atoms with Crippen LogP contribution in [0.5, 0.6) is 11.8 Å². The highest BCUT2D eigenvalue weighted by Crippen LogP contribution is 2.28. The van der Waals surface area contributed by atoms with E-state index in [1.54, 1.807) is 0 Å². The normalized spacial score (nSPS) is 16.6. The molecule has 5 nitrogen and oxygen atoms in total. The zero-order chi connectivity index (χ0) is 17.3. The van der Waals surface area contributed by atoms with Crippen LogP contribution >= 0.6 is 0 Å². The number of aryl methyl sites for hydroxylation is 1. The molecule has 128 valence electrons. The zero-order valence-electron chi connectivity index (χ0n) is 14.7. The Morgan fingerprint density at radius 3 is 2.71 bits per heavy atom. The van der Waals surface area contributed by atoms with E-state index < -0.39 is 0 Å². The van der Waals surface area contributed by atoms with Gasteiger partial charge in [0, 0.05) is 11.8 Å². The second-order valence-electron chi connectivity index (χ2n) is 6.94. The van der Waals surface area contributed by atoms with Gasteiger partial charge in [-0.05, 0) is 36.5 Å². The number of nitrogens with zero attached hydrogens (tertiary/aromatic N) is 2. The maximum Gasteiger partial charge on any atom is 0.300 e. The van der Waals surface area contributed by atoms with E-state index in [2.05, 4.69) is 37.9 Å². The number of benzene rings is 1. The molecule has 0 spiro atoms. The Morgan fingerprint density at radius 2 is 2.04 bits per heavy atom. The predicted octanol–water partition coefficient (Wildman–Crippen LogP) is 3.08. The molecule has 5 heteroatoms. The fraction of sp³-hybridized carbons (Fsp3) is 0.474. The van der Waals surface area contributed by atoms with Crippen molar-refractivity contribution in [1.82, 2.24) is 9.55 Å². The third kappa shape index (κ3) is 3.30. The van der Waals surface area contributed by atoms with Crippen LogP contribution in [0.4, 0.5) is 0 Å². The van der Waals surface area contributed by atoms with Crippen LogP contribution in [-0.4, -0.2) is 22.3 Å². The van der Waals surface area contributed by atoms with Crippen LogP contribution in [0, 0.1) is 6.92 Å². The lowest BCUT2D eigenvalue weighted by molar-refractivity contribution is 0.143. The molecule has 0 saturated carbocycles. The molecule has 3 rings (SSSR count). The molecule has 0 unspecified atom stereocenters. The molecular weight excluding hydrogens is 304 g/mol. The van der Waals surface area contributed by atoms with Crippen molar-refractivity contribution in [2.24, 2.45) is 0 Å². The minimum absolute atomic E-state index is 0.134. The molecule has 0 aliphatic carbocycles. The first kappa shape index (κ1) is 16.6. The minimum Gasteiger partial charge on any atom is -0.490 e. The standard InChI is InChI=1S/C19H24N2O3/c1-5-19(3,4)14-6-8-15(9-7-14)23-12-16-11-21-13(2)10-17(22)20-18(21)24-16/h6-10,16H,5,11-12H2,1-4H3/t16-/m0/s1. The Bertz CT molecular complexity index is 778. The smallest absolute Gasteiger partial charge is 0.300 e. The maximum absolute atomic E-state index is 11.4. The Kier molecular flexibility index (Phi) is 4.35. The zero-order valence-corrected chi connectivity index (χ0v) is 14.7. The van der Waals surface area contributed by atoms with Gasteiger partial charge in [-0.1, -0.05) is 32.9 Å². The van der Waals surface area contributed by atoms with E-state index in [1.807, 2.05) is 23.6 Å². The summed E-state index contributed by atoms with van der Waals surface area (Å²) in [6.45, 7) is 9.63. The molecule has 0 radical (unpaired) electrons. The van der Waals surface area contributed by atoms with Crippen LogP contribution < -0.4 is 15.0 Å². The molecule has 0 bridgehead atoms. The van der Waals surface area contributed by atoms with E-state index in [1.165, 1.54) is 11.6 Å². The predicted molar refractivity (Wildman–Crippen MR) is 92.9 cm³/mol. The van der Waals surface area contributed by atoms with Crippen molar-refractivity contribution in [3.63, 3.8) is 0 Å². The van der Waals surface area contributed by atoms with E-state index in [9.17, 15) is 4.79 Å². The first-order valence-electron chi connectivity index (χ1n) is 8.37. The Balaban J connectivity index is 1.61. The molecule has 0 fully saturated rings. The van der Waals surface area contributed by atoms with E-state index in [-0.39, 0.29) is 17.1 Å². The lowest BCUT2D eigenvalue weighted by atomic mass is 9.82. The highest BCUT2D eigenvalue weighted by Gasteiger charge is 2.25. The van der Waals surface area contributed by atoms with E-state index in [4.69, 9.17) is 9.47 Å². The first-order chi connectivity index (χ1) is 11.4. The molecule has 0 saturated heterocycles. The van der Waals surface area contributed by atoms with Gasteiger partial charge in [0.1, 0.15) is 12.4 Å². The van der Waals surface area contributed by atoms with Crippen molar-refractivity contribution >= 4 is 0 Å². The third-order valence-corrected chi connectivity index (χ3v) is 4.81. The topological polar surface area (TPSA) is 53.4 Å². The van der Waals surface area contributed by atoms with Gasteiger partial charge in [-0.25, -0.2) is 0 Å². The van der Waals surface area contributed by atoms with Crippen LogP contribution in [-0.2, 0) is 12.0 Å². The molecule has 1 aliphatic rings. The summed E-state index contributed by atoms with van der Waals surface area (Å²) in [6, 6.07) is 10.1. The molecule has 1 atom stereocenters. The lowest BCUT2D eigenvalue weighted by Gasteiger charge is -2.23. The van der Waals surface area contributed by atoms with Gasteiger partial charge in [-0.15, -0.1) is 0 Å². The number of aromatic nitrogens is 2. The Labute approximate surface area is 142 Å². The first-order valence-corrected chi connectivity index (χ1v) is 8.37. The van der Waals surface area contributed by atoms with Crippen molar-refractivity contribution in [2.75, 3.05) is 6.61 Å². The Hall–Kier alpha value is -2.30. The van der Waals surface area contributed by atoms with Crippen LogP contribution in [0.2, 0.25) is 0 Å². The van der Waals surface area contributed by atoms with E-state index in [0.717, 1.165) is 17.9 Å². The number of fused-ring (bicyclic) bond motifs is 1. The van der Waals surface area contributed by atoms with Crippen LogP contribution in [0.15, 0.2) is 35.1 Å². The highest BCUT2D eigenvalue weighted by atomic mass is 16.6. The van der Waals surface area contributed by atoms with E-state index >= 15 is 0 Å². The van der Waals surface area contributed by atoms with Crippen LogP contribution in [0.25, 0.3) is 0 Å². The van der Waals surface area contributed by atoms with Crippen molar-refractivity contribution in [1.29, 1.82) is 0 Å². The third-order valence-electron chi connectivity index (χ3n) is 4.81. The van der Waals surface area contributed by atoms with Crippen molar-refractivity contribution < 1.29 is 9.47 Å². The number of hydrogen-bond acceptors (Lipinski definition) is 4. The Morgan fingerprint density at radius 1 is 1.33 bits per heavy atom. The molecule has 0 N–H and O–H groups in total. The molecule has 2 heterocycles. The summed E-state index contributed by atoms with van der Waals surface area (Å²) in [5.41, 5.74) is 2.07. The molecule has 0 amide bonds. The number of hydrogen-bond donors (Lipinski definition) is 0. The van der Waals surface area contributed by atoms with Gasteiger partial charge in [0.05, 0.1) is 6.54 Å². The maximum atomic E-state index is 11.4. The van der Waals surface area contributed by atoms with Gasteiger partial charge < -0.3 is 9.47 Å². The molecule has 1 aliphatic heterocycles. The second-order valence-corrected chi connectivity index (χ2v) is 6.94. The molecular formula is C19H24N2O3. The number of ether oxygens (including phenoxy) is 2. The fourth-order valence-corrected chi connectivity index (χ4v) is 2.78. The summed E-state index contributed by atoms with van der Waals surface area (Å²) < 4.78 is 13.5. The highest BCUT2D eigenvalue weighted by molar-refractivity contribution is 5.31. The minimum atomic E-state index is -0.269. The SMILES string of the molecule is CCC(C)(C)c1ccc(OC[C@@H]2Cn3c(C)cc(=O)nc3O2)cc1.